The number of benzene rings is 1. The summed E-state index contributed by atoms with van der Waals surface area (Å²) in [6.07, 6.45) is 5.19. The normalized spacial score (nSPS) is 12.8. The van der Waals surface area contributed by atoms with E-state index in [1.165, 1.54) is 0 Å². The number of carbonyl (C=O) groups is 1. The Morgan fingerprint density at radius 2 is 2.05 bits per heavy atom. The van der Waals surface area contributed by atoms with Gasteiger partial charge in [-0.15, -0.1) is 0 Å². The van der Waals surface area contributed by atoms with Gasteiger partial charge < -0.3 is 4.90 Å². The van der Waals surface area contributed by atoms with Crippen LogP contribution in [0.2, 0.25) is 0 Å². The summed E-state index contributed by atoms with van der Waals surface area (Å²) in [7, 11) is 3.92. The van der Waals surface area contributed by atoms with Crippen LogP contribution in [0.4, 0.5) is 5.69 Å². The van der Waals surface area contributed by atoms with Gasteiger partial charge in [0.05, 0.1) is 6.54 Å². The SMILES string of the molecule is CN(C)c1ccc(C(=O)C#CN2C=NC=CC2)cc1. The highest BCUT2D eigenvalue weighted by Gasteiger charge is 2.03. The minimum Gasteiger partial charge on any atom is -0.378 e. The van der Waals surface area contributed by atoms with Gasteiger partial charge in [0, 0.05) is 43.5 Å². The Labute approximate surface area is 113 Å². The van der Waals surface area contributed by atoms with Crippen molar-refractivity contribution in [2.45, 2.75) is 0 Å². The fourth-order valence-corrected chi connectivity index (χ4v) is 1.57. The first kappa shape index (κ1) is 12.9. The van der Waals surface area contributed by atoms with Crippen LogP contribution in [-0.2, 0) is 0 Å². The molecule has 4 nitrogen and oxygen atoms in total. The number of rotatable bonds is 2. The molecule has 4 heteroatoms. The largest absolute Gasteiger partial charge is 0.378 e. The summed E-state index contributed by atoms with van der Waals surface area (Å²) >= 11 is 0. The number of nitrogens with zero attached hydrogens (tertiary/aromatic N) is 3. The van der Waals surface area contributed by atoms with E-state index in [0.29, 0.717) is 12.1 Å². The maximum absolute atomic E-state index is 11.9. The monoisotopic (exact) mass is 253 g/mol. The van der Waals surface area contributed by atoms with Crippen LogP contribution in [-0.4, -0.2) is 37.7 Å². The van der Waals surface area contributed by atoms with Crippen molar-refractivity contribution < 1.29 is 4.79 Å². The molecule has 1 aliphatic heterocycles. The van der Waals surface area contributed by atoms with E-state index >= 15 is 0 Å². The first-order valence-electron chi connectivity index (χ1n) is 5.95. The van der Waals surface area contributed by atoms with Gasteiger partial charge in [0.2, 0.25) is 5.78 Å². The molecule has 0 atom stereocenters. The number of carbonyl (C=O) groups excluding carboxylic acids is 1. The molecule has 0 radical (unpaired) electrons. The highest BCUT2D eigenvalue weighted by molar-refractivity contribution is 6.09. The van der Waals surface area contributed by atoms with Crippen molar-refractivity contribution in [2.24, 2.45) is 4.99 Å². The summed E-state index contributed by atoms with van der Waals surface area (Å²) in [5.74, 6) is 2.43. The van der Waals surface area contributed by atoms with Gasteiger partial charge in [0.25, 0.3) is 0 Å². The Morgan fingerprint density at radius 1 is 1.32 bits per heavy atom. The first-order chi connectivity index (χ1) is 9.16. The molecule has 96 valence electrons. The Hall–Kier alpha value is -2.54. The topological polar surface area (TPSA) is 35.9 Å². The summed E-state index contributed by atoms with van der Waals surface area (Å²) in [6.45, 7) is 0.656. The molecule has 0 unspecified atom stereocenters. The number of Topliss-reactive ketones (excluding diaryl/α,β-unsaturated/α-hetero) is 1. The lowest BCUT2D eigenvalue weighted by atomic mass is 10.1. The number of hydrogen-bond donors (Lipinski definition) is 0. The van der Waals surface area contributed by atoms with Gasteiger partial charge in [-0.05, 0) is 30.3 Å². The predicted molar refractivity (Wildman–Crippen MR) is 77.2 cm³/mol. The molecule has 2 rings (SSSR count). The molecular formula is C15H15N3O. The molecule has 1 aliphatic rings. The minimum absolute atomic E-state index is 0.187. The van der Waals surface area contributed by atoms with E-state index in [1.807, 2.05) is 37.2 Å². The molecular weight excluding hydrogens is 238 g/mol. The molecule has 19 heavy (non-hydrogen) atoms. The van der Waals surface area contributed by atoms with Crippen molar-refractivity contribution in [1.29, 1.82) is 0 Å². The van der Waals surface area contributed by atoms with E-state index in [4.69, 9.17) is 0 Å². The van der Waals surface area contributed by atoms with Gasteiger partial charge in [-0.3, -0.25) is 9.69 Å². The van der Waals surface area contributed by atoms with E-state index in [9.17, 15) is 4.79 Å². The van der Waals surface area contributed by atoms with Crippen molar-refractivity contribution in [3.05, 3.63) is 42.1 Å². The lowest BCUT2D eigenvalue weighted by molar-refractivity contribution is 0.105. The second-order valence-electron chi connectivity index (χ2n) is 4.31. The zero-order valence-corrected chi connectivity index (χ0v) is 11.0. The van der Waals surface area contributed by atoms with Crippen LogP contribution in [0.25, 0.3) is 0 Å². The van der Waals surface area contributed by atoms with Gasteiger partial charge in [-0.25, -0.2) is 4.99 Å². The molecule has 1 heterocycles. The summed E-state index contributed by atoms with van der Waals surface area (Å²) in [5, 5.41) is 0. The quantitative estimate of drug-likeness (QED) is 0.595. The Kier molecular flexibility index (Phi) is 3.99. The van der Waals surface area contributed by atoms with E-state index in [2.05, 4.69) is 17.0 Å². The highest BCUT2D eigenvalue weighted by atomic mass is 16.1. The molecule has 1 aromatic rings. The second kappa shape index (κ2) is 5.87. The van der Waals surface area contributed by atoms with Crippen LogP contribution in [0, 0.1) is 12.0 Å². The summed E-state index contributed by atoms with van der Waals surface area (Å²) in [6, 6.07) is 10.2. The molecule has 0 saturated heterocycles. The Morgan fingerprint density at radius 3 is 2.63 bits per heavy atom. The van der Waals surface area contributed by atoms with E-state index in [0.717, 1.165) is 5.69 Å². The third kappa shape index (κ3) is 3.46. The van der Waals surface area contributed by atoms with Gasteiger partial charge in [0.15, 0.2) is 0 Å². The lowest BCUT2D eigenvalue weighted by Crippen LogP contribution is -2.17. The van der Waals surface area contributed by atoms with Crippen LogP contribution in [0.15, 0.2) is 41.5 Å². The third-order valence-electron chi connectivity index (χ3n) is 2.66. The van der Waals surface area contributed by atoms with Crippen LogP contribution in [0.1, 0.15) is 10.4 Å². The average molecular weight is 253 g/mol. The molecule has 1 aromatic carbocycles. The van der Waals surface area contributed by atoms with Gasteiger partial charge in [-0.2, -0.15) is 0 Å². The van der Waals surface area contributed by atoms with Crippen molar-refractivity contribution in [3.63, 3.8) is 0 Å². The molecule has 0 aromatic heterocycles. The Bertz CT molecular complexity index is 574. The Balaban J connectivity index is 2.06. The number of aliphatic imine (C=N–C) groups is 1. The van der Waals surface area contributed by atoms with Crippen molar-refractivity contribution in [3.8, 4) is 12.0 Å². The zero-order valence-electron chi connectivity index (χ0n) is 11.0. The molecule has 0 N–H and O–H groups in total. The standard InChI is InChI=1S/C15H15N3O/c1-17(2)14-6-4-13(5-7-14)15(19)8-11-18-10-3-9-16-12-18/h3-7,9,12H,10H2,1-2H3. The summed E-state index contributed by atoms with van der Waals surface area (Å²) in [4.78, 5) is 19.5. The van der Waals surface area contributed by atoms with Gasteiger partial charge in [0.1, 0.15) is 6.34 Å². The third-order valence-corrected chi connectivity index (χ3v) is 2.66. The van der Waals surface area contributed by atoms with Crippen LogP contribution < -0.4 is 4.90 Å². The summed E-state index contributed by atoms with van der Waals surface area (Å²) < 4.78 is 0. The number of ketones is 1. The maximum atomic E-state index is 11.9. The fourth-order valence-electron chi connectivity index (χ4n) is 1.57. The highest BCUT2D eigenvalue weighted by Crippen LogP contribution is 2.12. The summed E-state index contributed by atoms with van der Waals surface area (Å²) in [5.41, 5.74) is 1.65. The molecule has 0 aliphatic carbocycles. The van der Waals surface area contributed by atoms with Gasteiger partial charge >= 0.3 is 0 Å². The molecule has 0 amide bonds. The predicted octanol–water partition coefficient (Wildman–Crippen LogP) is 1.75. The smallest absolute Gasteiger partial charge is 0.237 e. The van der Waals surface area contributed by atoms with Crippen molar-refractivity contribution in [2.75, 3.05) is 25.5 Å². The molecule has 0 spiro atoms. The second-order valence-corrected chi connectivity index (χ2v) is 4.31. The van der Waals surface area contributed by atoms with Crippen molar-refractivity contribution in [1.82, 2.24) is 4.90 Å². The van der Waals surface area contributed by atoms with Crippen LogP contribution in [0.5, 0.6) is 0 Å². The van der Waals surface area contributed by atoms with Crippen LogP contribution in [0.3, 0.4) is 0 Å². The van der Waals surface area contributed by atoms with Crippen molar-refractivity contribution >= 4 is 17.8 Å². The maximum Gasteiger partial charge on any atom is 0.237 e. The average Bonchev–Trinajstić information content (AvgIpc) is 2.46. The molecule has 0 saturated carbocycles. The lowest BCUT2D eigenvalue weighted by Gasteiger charge is -2.12. The molecule has 0 bridgehead atoms. The van der Waals surface area contributed by atoms with E-state index in [-0.39, 0.29) is 5.78 Å². The number of anilines is 1. The molecule has 0 fully saturated rings. The number of hydrogen-bond acceptors (Lipinski definition) is 4. The zero-order chi connectivity index (χ0) is 13.7. The fraction of sp³-hybridized carbons (Fsp3) is 0.200. The van der Waals surface area contributed by atoms with E-state index < -0.39 is 0 Å². The van der Waals surface area contributed by atoms with Crippen LogP contribution >= 0.6 is 0 Å². The minimum atomic E-state index is -0.187. The van der Waals surface area contributed by atoms with Gasteiger partial charge in [-0.1, -0.05) is 0 Å². The van der Waals surface area contributed by atoms with E-state index in [1.54, 1.807) is 29.6 Å². The first-order valence-corrected chi connectivity index (χ1v) is 5.95.